The van der Waals surface area contributed by atoms with Crippen LogP contribution in [0, 0.1) is 23.5 Å². The Hall–Kier alpha value is -1.98. The number of benzene rings is 1. The van der Waals surface area contributed by atoms with Crippen LogP contribution in [0.5, 0.6) is 0 Å². The summed E-state index contributed by atoms with van der Waals surface area (Å²) in [7, 11) is 0. The largest absolute Gasteiger partial charge is 0.481 e. The molecular formula is C14H15F2NO3. The molecule has 0 heterocycles. The highest BCUT2D eigenvalue weighted by Crippen LogP contribution is 2.31. The fraction of sp³-hybridized carbons (Fsp3) is 0.429. The van der Waals surface area contributed by atoms with Gasteiger partial charge in [0.15, 0.2) is 0 Å². The zero-order valence-electron chi connectivity index (χ0n) is 10.7. The predicted octanol–water partition coefficient (Wildman–Crippen LogP) is 2.08. The number of rotatable bonds is 4. The van der Waals surface area contributed by atoms with Gasteiger partial charge in [0.1, 0.15) is 11.6 Å². The molecule has 20 heavy (non-hydrogen) atoms. The standard InChI is InChI=1S/C14H15F2NO3/c15-11-3-4-12(16)10(6-11)7-17-13(18)8-1-2-9(5-8)14(19)20/h3-4,6,8-9H,1-2,5,7H2,(H,17,18)(H,19,20)/t8-,9+/m0/s1. The van der Waals surface area contributed by atoms with Gasteiger partial charge in [0, 0.05) is 18.0 Å². The molecule has 1 aromatic rings. The van der Waals surface area contributed by atoms with Gasteiger partial charge in [-0.2, -0.15) is 0 Å². The Labute approximate surface area is 114 Å². The van der Waals surface area contributed by atoms with Gasteiger partial charge in [-0.15, -0.1) is 0 Å². The molecule has 0 spiro atoms. The fourth-order valence-electron chi connectivity index (χ4n) is 2.45. The lowest BCUT2D eigenvalue weighted by molar-refractivity contribution is -0.141. The van der Waals surface area contributed by atoms with Gasteiger partial charge >= 0.3 is 5.97 Å². The number of hydrogen-bond acceptors (Lipinski definition) is 2. The van der Waals surface area contributed by atoms with Crippen molar-refractivity contribution in [3.05, 3.63) is 35.4 Å². The summed E-state index contributed by atoms with van der Waals surface area (Å²) in [6, 6.07) is 3.05. The quantitative estimate of drug-likeness (QED) is 0.889. The van der Waals surface area contributed by atoms with Gasteiger partial charge < -0.3 is 10.4 Å². The van der Waals surface area contributed by atoms with E-state index in [0.29, 0.717) is 19.3 Å². The molecule has 1 saturated carbocycles. The first-order valence-electron chi connectivity index (χ1n) is 6.42. The van der Waals surface area contributed by atoms with E-state index in [2.05, 4.69) is 5.32 Å². The minimum atomic E-state index is -0.892. The summed E-state index contributed by atoms with van der Waals surface area (Å²) in [4.78, 5) is 22.7. The number of carboxylic acids is 1. The molecule has 0 aromatic heterocycles. The average Bonchev–Trinajstić information content (AvgIpc) is 2.89. The van der Waals surface area contributed by atoms with Crippen LogP contribution >= 0.6 is 0 Å². The smallest absolute Gasteiger partial charge is 0.306 e. The van der Waals surface area contributed by atoms with Gasteiger partial charge in [0.25, 0.3) is 0 Å². The molecular weight excluding hydrogens is 268 g/mol. The normalized spacial score (nSPS) is 21.7. The summed E-state index contributed by atoms with van der Waals surface area (Å²) < 4.78 is 26.3. The number of amides is 1. The molecule has 2 atom stereocenters. The Morgan fingerprint density at radius 1 is 1.25 bits per heavy atom. The zero-order valence-corrected chi connectivity index (χ0v) is 10.7. The third-order valence-electron chi connectivity index (χ3n) is 3.61. The first-order valence-corrected chi connectivity index (χ1v) is 6.42. The molecule has 0 radical (unpaired) electrons. The van der Waals surface area contributed by atoms with Crippen LogP contribution in [-0.4, -0.2) is 17.0 Å². The van der Waals surface area contributed by atoms with Crippen molar-refractivity contribution in [1.29, 1.82) is 0 Å². The molecule has 0 saturated heterocycles. The molecule has 1 aliphatic rings. The van der Waals surface area contributed by atoms with Crippen molar-refractivity contribution in [3.8, 4) is 0 Å². The molecule has 6 heteroatoms. The highest BCUT2D eigenvalue weighted by atomic mass is 19.1. The topological polar surface area (TPSA) is 66.4 Å². The molecule has 2 N–H and O–H groups in total. The third-order valence-corrected chi connectivity index (χ3v) is 3.61. The summed E-state index contributed by atoms with van der Waals surface area (Å²) in [6.45, 7) is -0.101. The number of nitrogens with one attached hydrogen (secondary N) is 1. The first-order chi connectivity index (χ1) is 9.47. The van der Waals surface area contributed by atoms with Crippen molar-refractivity contribution in [3.63, 3.8) is 0 Å². The van der Waals surface area contributed by atoms with E-state index in [9.17, 15) is 18.4 Å². The molecule has 1 aliphatic carbocycles. The van der Waals surface area contributed by atoms with Crippen molar-refractivity contribution in [2.45, 2.75) is 25.8 Å². The van der Waals surface area contributed by atoms with E-state index in [1.807, 2.05) is 0 Å². The maximum Gasteiger partial charge on any atom is 0.306 e. The molecule has 0 aliphatic heterocycles. The summed E-state index contributed by atoms with van der Waals surface area (Å²) in [6.07, 6.45) is 1.28. The molecule has 1 fully saturated rings. The van der Waals surface area contributed by atoms with Crippen LogP contribution in [0.4, 0.5) is 8.78 Å². The van der Waals surface area contributed by atoms with Gasteiger partial charge in [0.05, 0.1) is 5.92 Å². The van der Waals surface area contributed by atoms with Crippen LogP contribution in [0.1, 0.15) is 24.8 Å². The summed E-state index contributed by atoms with van der Waals surface area (Å²) in [5.41, 5.74) is 0.0751. The van der Waals surface area contributed by atoms with Crippen molar-refractivity contribution in [1.82, 2.24) is 5.32 Å². The SMILES string of the molecule is O=C(O)[C@@H]1CC[C@H](C(=O)NCc2cc(F)ccc2F)C1. The Balaban J connectivity index is 1.90. The molecule has 0 bridgehead atoms. The van der Waals surface area contributed by atoms with Crippen molar-refractivity contribution in [2.24, 2.45) is 11.8 Å². The van der Waals surface area contributed by atoms with Crippen LogP contribution in [-0.2, 0) is 16.1 Å². The Kier molecular flexibility index (Phi) is 4.32. The van der Waals surface area contributed by atoms with E-state index >= 15 is 0 Å². The van der Waals surface area contributed by atoms with Crippen molar-refractivity contribution < 1.29 is 23.5 Å². The number of aliphatic carboxylic acids is 1. The van der Waals surface area contributed by atoms with E-state index < -0.39 is 23.5 Å². The number of carbonyl (C=O) groups is 2. The van der Waals surface area contributed by atoms with Crippen LogP contribution < -0.4 is 5.32 Å². The van der Waals surface area contributed by atoms with Gasteiger partial charge in [-0.05, 0) is 37.5 Å². The van der Waals surface area contributed by atoms with Gasteiger partial charge in [-0.3, -0.25) is 9.59 Å². The van der Waals surface area contributed by atoms with Crippen LogP contribution in [0.2, 0.25) is 0 Å². The van der Waals surface area contributed by atoms with E-state index in [1.165, 1.54) is 0 Å². The lowest BCUT2D eigenvalue weighted by Gasteiger charge is -2.11. The molecule has 1 amide bonds. The lowest BCUT2D eigenvalue weighted by atomic mass is 10.0. The van der Waals surface area contributed by atoms with Crippen LogP contribution in [0.25, 0.3) is 0 Å². The second-order valence-corrected chi connectivity index (χ2v) is 5.00. The van der Waals surface area contributed by atoms with Crippen LogP contribution in [0.3, 0.4) is 0 Å². The van der Waals surface area contributed by atoms with E-state index in [0.717, 1.165) is 18.2 Å². The highest BCUT2D eigenvalue weighted by Gasteiger charge is 2.33. The number of hydrogen-bond donors (Lipinski definition) is 2. The zero-order chi connectivity index (χ0) is 14.7. The minimum Gasteiger partial charge on any atom is -0.481 e. The fourth-order valence-corrected chi connectivity index (χ4v) is 2.45. The summed E-state index contributed by atoms with van der Waals surface area (Å²) >= 11 is 0. The van der Waals surface area contributed by atoms with Gasteiger partial charge in [0.2, 0.25) is 5.91 Å². The van der Waals surface area contributed by atoms with Gasteiger partial charge in [-0.1, -0.05) is 0 Å². The average molecular weight is 283 g/mol. The molecule has 4 nitrogen and oxygen atoms in total. The number of halogens is 2. The summed E-state index contributed by atoms with van der Waals surface area (Å²) in [5.74, 6) is -3.21. The monoisotopic (exact) mass is 283 g/mol. The Bertz CT molecular complexity index is 533. The molecule has 1 aromatic carbocycles. The Morgan fingerprint density at radius 2 is 1.95 bits per heavy atom. The lowest BCUT2D eigenvalue weighted by Crippen LogP contribution is -2.29. The molecule has 0 unspecified atom stereocenters. The number of carboxylic acid groups (broad SMARTS) is 1. The minimum absolute atomic E-state index is 0.0751. The maximum atomic E-state index is 13.4. The predicted molar refractivity (Wildman–Crippen MR) is 66.7 cm³/mol. The van der Waals surface area contributed by atoms with E-state index in [-0.39, 0.29) is 23.9 Å². The second kappa shape index (κ2) is 5.98. The molecule has 108 valence electrons. The first kappa shape index (κ1) is 14.4. The van der Waals surface area contributed by atoms with Crippen molar-refractivity contribution >= 4 is 11.9 Å². The highest BCUT2D eigenvalue weighted by molar-refractivity contribution is 5.80. The molecule has 2 rings (SSSR count). The maximum absolute atomic E-state index is 13.4. The Morgan fingerprint density at radius 3 is 2.60 bits per heavy atom. The van der Waals surface area contributed by atoms with Gasteiger partial charge in [-0.25, -0.2) is 8.78 Å². The van der Waals surface area contributed by atoms with E-state index in [1.54, 1.807) is 0 Å². The number of carbonyl (C=O) groups excluding carboxylic acids is 1. The van der Waals surface area contributed by atoms with Crippen LogP contribution in [0.15, 0.2) is 18.2 Å². The second-order valence-electron chi connectivity index (χ2n) is 5.00. The third kappa shape index (κ3) is 3.31. The van der Waals surface area contributed by atoms with E-state index in [4.69, 9.17) is 5.11 Å². The summed E-state index contributed by atoms with van der Waals surface area (Å²) in [5, 5.41) is 11.4. The van der Waals surface area contributed by atoms with Crippen molar-refractivity contribution in [2.75, 3.05) is 0 Å².